The molecule has 0 unspecified atom stereocenters. The van der Waals surface area contributed by atoms with Gasteiger partial charge in [-0.05, 0) is 24.8 Å². The predicted molar refractivity (Wildman–Crippen MR) is 62.7 cm³/mol. The molecule has 1 saturated carbocycles. The lowest BCUT2D eigenvalue weighted by Gasteiger charge is -2.60. The van der Waals surface area contributed by atoms with E-state index in [-0.39, 0.29) is 35.4 Å². The lowest BCUT2D eigenvalue weighted by Crippen LogP contribution is -2.66. The Morgan fingerprint density at radius 1 is 1.33 bits per heavy atom. The fourth-order valence-corrected chi connectivity index (χ4v) is 3.95. The number of hydrogen-bond donors (Lipinski definition) is 1. The van der Waals surface area contributed by atoms with Crippen molar-refractivity contribution in [1.29, 1.82) is 0 Å². The van der Waals surface area contributed by atoms with Gasteiger partial charge in [0.05, 0.1) is 5.41 Å². The molecular weight excluding hydrogens is 232 g/mol. The number of Topliss-reactive ketones (excluding diaryl/α,β-unsaturated/α-hetero) is 2. The maximum absolute atomic E-state index is 12.3. The number of allylic oxidation sites excluding steroid dienone is 4. The van der Waals surface area contributed by atoms with Gasteiger partial charge in [-0.2, -0.15) is 0 Å². The van der Waals surface area contributed by atoms with Crippen LogP contribution in [-0.4, -0.2) is 22.5 Å². The van der Waals surface area contributed by atoms with Gasteiger partial charge in [0.25, 0.3) is 0 Å². The molecule has 4 atom stereocenters. The molecule has 0 amide bonds. The molecule has 4 heteroatoms. The van der Waals surface area contributed by atoms with Crippen molar-refractivity contribution in [3.8, 4) is 0 Å². The molecule has 0 bridgehead atoms. The van der Waals surface area contributed by atoms with E-state index in [9.17, 15) is 19.5 Å². The molecule has 0 aromatic carbocycles. The third-order valence-corrected chi connectivity index (χ3v) is 4.84. The lowest BCUT2D eigenvalue weighted by molar-refractivity contribution is -0.170. The minimum Gasteiger partial charge on any atom is -0.504 e. The zero-order valence-corrected chi connectivity index (χ0v) is 10.3. The smallest absolute Gasteiger partial charge is 0.205 e. The minimum atomic E-state index is -0.994. The summed E-state index contributed by atoms with van der Waals surface area (Å²) < 4.78 is 0. The third kappa shape index (κ3) is 0.998. The monoisotopic (exact) mass is 246 g/mol. The van der Waals surface area contributed by atoms with Crippen LogP contribution in [0.2, 0.25) is 0 Å². The van der Waals surface area contributed by atoms with E-state index in [1.54, 1.807) is 6.08 Å². The van der Waals surface area contributed by atoms with Crippen LogP contribution in [0.15, 0.2) is 23.5 Å². The number of carbonyl (C=O) groups is 3. The molecule has 0 aromatic heterocycles. The normalized spacial score (nSPS) is 42.6. The highest BCUT2D eigenvalue weighted by Crippen LogP contribution is 2.63. The predicted octanol–water partition coefficient (Wildman–Crippen LogP) is 1.37. The van der Waals surface area contributed by atoms with Crippen molar-refractivity contribution in [2.75, 3.05) is 0 Å². The molecule has 94 valence electrons. The van der Waals surface area contributed by atoms with Crippen molar-refractivity contribution in [2.45, 2.75) is 20.3 Å². The summed E-state index contributed by atoms with van der Waals surface area (Å²) in [4.78, 5) is 36.1. The van der Waals surface area contributed by atoms with Gasteiger partial charge in [0.2, 0.25) is 5.78 Å². The van der Waals surface area contributed by atoms with Gasteiger partial charge >= 0.3 is 0 Å². The largest absolute Gasteiger partial charge is 0.504 e. The molecular formula is C14H14O4. The molecule has 1 fully saturated rings. The van der Waals surface area contributed by atoms with Gasteiger partial charge in [-0.3, -0.25) is 14.4 Å². The number of rotatable bonds is 0. The molecule has 3 rings (SSSR count). The van der Waals surface area contributed by atoms with Crippen LogP contribution in [0.5, 0.6) is 0 Å². The Labute approximate surface area is 104 Å². The first kappa shape index (κ1) is 11.4. The number of ketones is 3. The van der Waals surface area contributed by atoms with E-state index in [1.165, 1.54) is 13.0 Å². The van der Waals surface area contributed by atoms with E-state index in [0.29, 0.717) is 0 Å². The van der Waals surface area contributed by atoms with Gasteiger partial charge in [0.15, 0.2) is 17.3 Å². The number of carbonyl (C=O) groups excluding carboxylic acids is 3. The molecule has 3 aliphatic carbocycles. The Hall–Kier alpha value is -1.71. The maximum atomic E-state index is 12.3. The Bertz CT molecular complexity index is 554. The fraction of sp³-hybridized carbons (Fsp3) is 0.500. The van der Waals surface area contributed by atoms with E-state index in [1.807, 2.05) is 6.92 Å². The van der Waals surface area contributed by atoms with E-state index in [4.69, 9.17) is 0 Å². The third-order valence-electron chi connectivity index (χ3n) is 4.84. The zero-order valence-electron chi connectivity index (χ0n) is 10.3. The van der Waals surface area contributed by atoms with Gasteiger partial charge in [-0.15, -0.1) is 0 Å². The standard InChI is InChI=1S/C14H14O4/c1-6-9-4-3-8(15)5-14(9)10(6)11(16)7(2)12(17)13(14)18/h3-4,6,9-10,17H,5H2,1-2H3/t6-,9+,10-,14-/m1/s1. The number of aliphatic hydroxyl groups is 1. The summed E-state index contributed by atoms with van der Waals surface area (Å²) in [5, 5.41) is 9.82. The van der Waals surface area contributed by atoms with Gasteiger partial charge in [-0.1, -0.05) is 13.0 Å². The van der Waals surface area contributed by atoms with Crippen LogP contribution in [0.3, 0.4) is 0 Å². The van der Waals surface area contributed by atoms with Crippen LogP contribution in [0.25, 0.3) is 0 Å². The van der Waals surface area contributed by atoms with E-state index >= 15 is 0 Å². The Balaban J connectivity index is 2.20. The molecule has 3 aliphatic rings. The quantitative estimate of drug-likeness (QED) is 0.700. The molecule has 4 nitrogen and oxygen atoms in total. The highest BCUT2D eigenvalue weighted by Gasteiger charge is 2.69. The first-order valence-corrected chi connectivity index (χ1v) is 6.11. The van der Waals surface area contributed by atoms with Gasteiger partial charge < -0.3 is 5.11 Å². The number of aliphatic hydroxyl groups excluding tert-OH is 1. The molecule has 0 aliphatic heterocycles. The Kier molecular flexibility index (Phi) is 2.02. The Morgan fingerprint density at radius 3 is 2.67 bits per heavy atom. The summed E-state index contributed by atoms with van der Waals surface area (Å²) in [6.07, 6.45) is 3.26. The SMILES string of the molecule is CC1=C(O)C(=O)[C@]23CC(=O)C=C[C@H]2[C@@H](C)[C@@H]3C1=O. The number of hydrogen-bond acceptors (Lipinski definition) is 4. The van der Waals surface area contributed by atoms with E-state index < -0.39 is 22.9 Å². The molecule has 1 spiro atoms. The highest BCUT2D eigenvalue weighted by atomic mass is 16.3. The molecule has 0 radical (unpaired) electrons. The second-order valence-electron chi connectivity index (χ2n) is 5.57. The molecule has 1 N–H and O–H groups in total. The highest BCUT2D eigenvalue weighted by molar-refractivity contribution is 6.17. The van der Waals surface area contributed by atoms with Crippen LogP contribution < -0.4 is 0 Å². The van der Waals surface area contributed by atoms with Crippen molar-refractivity contribution in [1.82, 2.24) is 0 Å². The average Bonchev–Trinajstić information content (AvgIpc) is 2.33. The van der Waals surface area contributed by atoms with E-state index in [2.05, 4.69) is 0 Å². The average molecular weight is 246 g/mol. The Morgan fingerprint density at radius 2 is 2.00 bits per heavy atom. The summed E-state index contributed by atoms with van der Waals surface area (Å²) in [5.74, 6) is -1.70. The van der Waals surface area contributed by atoms with Gasteiger partial charge in [0.1, 0.15) is 0 Å². The van der Waals surface area contributed by atoms with Crippen LogP contribution >= 0.6 is 0 Å². The van der Waals surface area contributed by atoms with Crippen molar-refractivity contribution < 1.29 is 19.5 Å². The summed E-state index contributed by atoms with van der Waals surface area (Å²) in [7, 11) is 0. The van der Waals surface area contributed by atoms with E-state index in [0.717, 1.165) is 0 Å². The molecule has 18 heavy (non-hydrogen) atoms. The molecule has 0 heterocycles. The topological polar surface area (TPSA) is 71.4 Å². The van der Waals surface area contributed by atoms with Crippen LogP contribution in [0.4, 0.5) is 0 Å². The van der Waals surface area contributed by atoms with Crippen molar-refractivity contribution in [3.63, 3.8) is 0 Å². The molecule has 0 saturated heterocycles. The first-order valence-electron chi connectivity index (χ1n) is 6.11. The first-order chi connectivity index (χ1) is 8.41. The lowest BCUT2D eigenvalue weighted by atomic mass is 9.40. The summed E-state index contributed by atoms with van der Waals surface area (Å²) in [5.41, 5.74) is -0.853. The van der Waals surface area contributed by atoms with Crippen molar-refractivity contribution >= 4 is 17.3 Å². The summed E-state index contributed by atoms with van der Waals surface area (Å²) in [6.45, 7) is 3.40. The van der Waals surface area contributed by atoms with Crippen LogP contribution in [-0.2, 0) is 14.4 Å². The zero-order chi connectivity index (χ0) is 13.2. The van der Waals surface area contributed by atoms with Gasteiger partial charge in [0, 0.05) is 17.9 Å². The minimum absolute atomic E-state index is 0.0467. The van der Waals surface area contributed by atoms with Crippen LogP contribution in [0.1, 0.15) is 20.3 Å². The van der Waals surface area contributed by atoms with Crippen LogP contribution in [0, 0.1) is 23.2 Å². The van der Waals surface area contributed by atoms with Crippen molar-refractivity contribution in [3.05, 3.63) is 23.5 Å². The second kappa shape index (κ2) is 3.19. The summed E-state index contributed by atoms with van der Waals surface area (Å²) in [6, 6.07) is 0. The maximum Gasteiger partial charge on any atom is 0.205 e. The van der Waals surface area contributed by atoms with Gasteiger partial charge in [-0.25, -0.2) is 0 Å². The molecule has 0 aromatic rings. The van der Waals surface area contributed by atoms with Crippen molar-refractivity contribution in [2.24, 2.45) is 23.2 Å². The fourth-order valence-electron chi connectivity index (χ4n) is 3.95. The second-order valence-corrected chi connectivity index (χ2v) is 5.57. The summed E-state index contributed by atoms with van der Waals surface area (Å²) >= 11 is 0.